The summed E-state index contributed by atoms with van der Waals surface area (Å²) in [5.74, 6) is 0. The number of hydrogen-bond acceptors (Lipinski definition) is 1. The average Bonchev–Trinajstić information content (AvgIpc) is 3.73. The molecule has 11 aromatic rings. The van der Waals surface area contributed by atoms with Crippen LogP contribution in [0.1, 0.15) is 25.0 Å². The zero-order chi connectivity index (χ0) is 37.1. The van der Waals surface area contributed by atoms with E-state index < -0.39 is 0 Å². The Morgan fingerprint density at radius 3 is 1.66 bits per heavy atom. The molecule has 1 nitrogen and oxygen atoms in total. The molecule has 0 amide bonds. The molecule has 0 unspecified atom stereocenters. The quantitative estimate of drug-likeness (QED) is 0.166. The minimum Gasteiger partial charge on any atom is -0.455 e. The van der Waals surface area contributed by atoms with Crippen molar-refractivity contribution in [2.75, 3.05) is 0 Å². The van der Waals surface area contributed by atoms with Crippen LogP contribution >= 0.6 is 0 Å². The van der Waals surface area contributed by atoms with Crippen LogP contribution in [0.4, 0.5) is 0 Å². The summed E-state index contributed by atoms with van der Waals surface area (Å²) < 4.78 is 6.64. The lowest BCUT2D eigenvalue weighted by molar-refractivity contribution is 0.649. The van der Waals surface area contributed by atoms with Crippen molar-refractivity contribution in [3.05, 3.63) is 193 Å². The molecule has 0 atom stereocenters. The van der Waals surface area contributed by atoms with E-state index in [1.807, 2.05) is 0 Å². The van der Waals surface area contributed by atoms with E-state index >= 15 is 0 Å². The molecule has 0 saturated heterocycles. The highest BCUT2D eigenvalue weighted by atomic mass is 16.3. The molecule has 10 aromatic carbocycles. The van der Waals surface area contributed by atoms with E-state index in [9.17, 15) is 0 Å². The molecule has 12 rings (SSSR count). The van der Waals surface area contributed by atoms with Gasteiger partial charge in [0.1, 0.15) is 11.2 Å². The molecule has 56 heavy (non-hydrogen) atoms. The summed E-state index contributed by atoms with van der Waals surface area (Å²) in [5.41, 5.74) is 14.5. The van der Waals surface area contributed by atoms with Gasteiger partial charge in [-0.2, -0.15) is 0 Å². The summed E-state index contributed by atoms with van der Waals surface area (Å²) in [7, 11) is 0. The summed E-state index contributed by atoms with van der Waals surface area (Å²) >= 11 is 0. The Labute approximate surface area is 325 Å². The lowest BCUT2D eigenvalue weighted by Crippen LogP contribution is -2.15. The van der Waals surface area contributed by atoms with Gasteiger partial charge in [0, 0.05) is 21.6 Å². The van der Waals surface area contributed by atoms with Gasteiger partial charge < -0.3 is 4.42 Å². The Bertz CT molecular complexity index is 3390. The van der Waals surface area contributed by atoms with E-state index in [0.29, 0.717) is 0 Å². The standard InChI is InChI=1S/C55H36O/c1-55(2)49-30-36(26-27-40(49)47-31-48-46-28-25-34-14-4-6-19-39(34)54(46)56-51(48)32-50(47)55)35-16-11-17-37(29-35)52-42-20-7-9-22-44(42)53(45-23-10-8-21-43(45)52)41-24-12-15-33-13-3-5-18-38(33)41/h3-32H,1-2H3. The van der Waals surface area contributed by atoms with E-state index in [1.165, 1.54) is 104 Å². The van der Waals surface area contributed by atoms with Crippen LogP contribution in [-0.4, -0.2) is 0 Å². The largest absolute Gasteiger partial charge is 0.455 e. The molecule has 1 heterocycles. The SMILES string of the molecule is CC1(C)c2cc(-c3cccc(-c4c5ccccc5c(-c5cccc6ccccc56)c5ccccc45)c3)ccc2-c2cc3c(cc21)oc1c2ccccc2ccc31. The van der Waals surface area contributed by atoms with Crippen LogP contribution in [0.3, 0.4) is 0 Å². The van der Waals surface area contributed by atoms with Crippen molar-refractivity contribution < 1.29 is 4.42 Å². The first-order valence-electron chi connectivity index (χ1n) is 19.6. The molecule has 1 aliphatic rings. The average molecular weight is 713 g/mol. The minimum absolute atomic E-state index is 0.183. The fourth-order valence-corrected chi connectivity index (χ4v) is 9.94. The van der Waals surface area contributed by atoms with Crippen molar-refractivity contribution in [1.82, 2.24) is 0 Å². The van der Waals surface area contributed by atoms with Gasteiger partial charge in [-0.1, -0.05) is 166 Å². The van der Waals surface area contributed by atoms with Crippen molar-refractivity contribution in [2.45, 2.75) is 19.3 Å². The second-order valence-electron chi connectivity index (χ2n) is 16.0. The van der Waals surface area contributed by atoms with Gasteiger partial charge in [0.25, 0.3) is 0 Å². The van der Waals surface area contributed by atoms with Gasteiger partial charge in [0.2, 0.25) is 0 Å². The second-order valence-corrected chi connectivity index (χ2v) is 16.0. The van der Waals surface area contributed by atoms with Gasteiger partial charge in [-0.05, 0) is 124 Å². The molecule has 1 heteroatoms. The van der Waals surface area contributed by atoms with Crippen LogP contribution in [0.25, 0.3) is 110 Å². The van der Waals surface area contributed by atoms with Crippen molar-refractivity contribution >= 4 is 65.0 Å². The van der Waals surface area contributed by atoms with E-state index in [-0.39, 0.29) is 5.41 Å². The Morgan fingerprint density at radius 1 is 0.339 bits per heavy atom. The normalized spacial score (nSPS) is 13.3. The molecule has 0 aliphatic heterocycles. The molecule has 1 aliphatic carbocycles. The van der Waals surface area contributed by atoms with Crippen molar-refractivity contribution in [3.8, 4) is 44.5 Å². The summed E-state index contributed by atoms with van der Waals surface area (Å²) in [6.45, 7) is 4.72. The van der Waals surface area contributed by atoms with E-state index in [2.05, 4.69) is 196 Å². The number of hydrogen-bond donors (Lipinski definition) is 0. The van der Waals surface area contributed by atoms with Crippen LogP contribution in [0, 0.1) is 0 Å². The predicted molar refractivity (Wildman–Crippen MR) is 238 cm³/mol. The molecule has 0 saturated carbocycles. The molecular weight excluding hydrogens is 677 g/mol. The highest BCUT2D eigenvalue weighted by Crippen LogP contribution is 2.52. The molecule has 0 fully saturated rings. The monoisotopic (exact) mass is 712 g/mol. The number of benzene rings is 10. The maximum absolute atomic E-state index is 6.64. The van der Waals surface area contributed by atoms with Gasteiger partial charge in [-0.3, -0.25) is 0 Å². The number of furan rings is 1. The molecule has 0 N–H and O–H groups in total. The fourth-order valence-electron chi connectivity index (χ4n) is 9.94. The summed E-state index contributed by atoms with van der Waals surface area (Å²) in [4.78, 5) is 0. The Hall–Kier alpha value is -6.96. The van der Waals surface area contributed by atoms with Gasteiger partial charge in [0.05, 0.1) is 0 Å². The third kappa shape index (κ3) is 4.37. The molecule has 262 valence electrons. The third-order valence-corrected chi connectivity index (χ3v) is 12.6. The third-order valence-electron chi connectivity index (χ3n) is 12.6. The Morgan fingerprint density at radius 2 is 0.911 bits per heavy atom. The van der Waals surface area contributed by atoms with Gasteiger partial charge in [0.15, 0.2) is 0 Å². The predicted octanol–water partition coefficient (Wildman–Crippen LogP) is 15.5. The van der Waals surface area contributed by atoms with Gasteiger partial charge in [-0.15, -0.1) is 0 Å². The summed E-state index contributed by atoms with van der Waals surface area (Å²) in [5, 5.41) is 12.3. The van der Waals surface area contributed by atoms with Gasteiger partial charge in [-0.25, -0.2) is 0 Å². The van der Waals surface area contributed by atoms with Crippen LogP contribution < -0.4 is 0 Å². The number of rotatable bonds is 3. The minimum atomic E-state index is -0.183. The fraction of sp³-hybridized carbons (Fsp3) is 0.0545. The highest BCUT2D eigenvalue weighted by Gasteiger charge is 2.36. The smallest absolute Gasteiger partial charge is 0.143 e. The van der Waals surface area contributed by atoms with Crippen LogP contribution in [0.2, 0.25) is 0 Å². The first kappa shape index (κ1) is 31.4. The molecular formula is C55H36O. The molecule has 0 bridgehead atoms. The van der Waals surface area contributed by atoms with Gasteiger partial charge >= 0.3 is 0 Å². The highest BCUT2D eigenvalue weighted by molar-refractivity contribution is 6.23. The van der Waals surface area contributed by atoms with E-state index in [4.69, 9.17) is 4.42 Å². The lowest BCUT2D eigenvalue weighted by Gasteiger charge is -2.22. The van der Waals surface area contributed by atoms with Crippen molar-refractivity contribution in [2.24, 2.45) is 0 Å². The maximum Gasteiger partial charge on any atom is 0.143 e. The Balaban J connectivity index is 1.01. The van der Waals surface area contributed by atoms with Crippen LogP contribution in [0.5, 0.6) is 0 Å². The molecule has 1 aromatic heterocycles. The van der Waals surface area contributed by atoms with Crippen LogP contribution in [-0.2, 0) is 5.41 Å². The first-order valence-corrected chi connectivity index (χ1v) is 19.6. The van der Waals surface area contributed by atoms with Crippen LogP contribution in [0.15, 0.2) is 186 Å². The Kier molecular flexibility index (Phi) is 6.46. The molecule has 0 spiro atoms. The number of fused-ring (bicyclic) bond motifs is 11. The van der Waals surface area contributed by atoms with Crippen molar-refractivity contribution in [1.29, 1.82) is 0 Å². The second kappa shape index (κ2) is 11.5. The summed E-state index contributed by atoms with van der Waals surface area (Å²) in [6, 6.07) is 67.2. The zero-order valence-electron chi connectivity index (χ0n) is 31.2. The topological polar surface area (TPSA) is 13.1 Å². The summed E-state index contributed by atoms with van der Waals surface area (Å²) in [6.07, 6.45) is 0. The van der Waals surface area contributed by atoms with E-state index in [1.54, 1.807) is 0 Å². The van der Waals surface area contributed by atoms with Crippen molar-refractivity contribution in [3.63, 3.8) is 0 Å². The molecule has 0 radical (unpaired) electrons. The first-order chi connectivity index (χ1) is 27.5. The zero-order valence-corrected chi connectivity index (χ0v) is 31.2. The van der Waals surface area contributed by atoms with E-state index in [0.717, 1.165) is 16.6 Å². The lowest BCUT2D eigenvalue weighted by atomic mass is 9.81. The maximum atomic E-state index is 6.64.